The Balaban J connectivity index is 1.39. The molecule has 1 amide bonds. The van der Waals surface area contributed by atoms with Gasteiger partial charge in [-0.3, -0.25) is 4.79 Å². The summed E-state index contributed by atoms with van der Waals surface area (Å²) in [6, 6.07) is 17.4. The summed E-state index contributed by atoms with van der Waals surface area (Å²) in [4.78, 5) is 12.3. The normalized spacial score (nSPS) is 14.0. The largest absolute Gasteiger partial charge is 0.349 e. The van der Waals surface area contributed by atoms with Crippen molar-refractivity contribution in [1.82, 2.24) is 15.5 Å². The highest BCUT2D eigenvalue weighted by atomic mass is 19.1. The average Bonchev–Trinajstić information content (AvgIpc) is 3.22. The van der Waals surface area contributed by atoms with Crippen molar-refractivity contribution in [2.45, 2.75) is 31.7 Å². The molecule has 0 bridgehead atoms. The SMILES string of the molecule is O=C(NC1CCCC1)c1ccc(Nc2ccc(-c3cccc(F)c3)nn2)cc1. The minimum Gasteiger partial charge on any atom is -0.349 e. The lowest BCUT2D eigenvalue weighted by Gasteiger charge is -2.12. The molecule has 3 aromatic rings. The molecule has 2 N–H and O–H groups in total. The summed E-state index contributed by atoms with van der Waals surface area (Å²) >= 11 is 0. The highest BCUT2D eigenvalue weighted by Crippen LogP contribution is 2.21. The predicted octanol–water partition coefficient (Wildman–Crippen LogP) is 4.70. The molecule has 142 valence electrons. The van der Waals surface area contributed by atoms with Gasteiger partial charge in [-0.25, -0.2) is 4.39 Å². The van der Waals surface area contributed by atoms with Gasteiger partial charge in [-0.05, 0) is 61.4 Å². The number of aromatic nitrogens is 2. The molecule has 1 aliphatic carbocycles. The molecule has 28 heavy (non-hydrogen) atoms. The number of carbonyl (C=O) groups is 1. The van der Waals surface area contributed by atoms with E-state index >= 15 is 0 Å². The summed E-state index contributed by atoms with van der Waals surface area (Å²) in [6.45, 7) is 0. The summed E-state index contributed by atoms with van der Waals surface area (Å²) in [5.41, 5.74) is 2.73. The van der Waals surface area contributed by atoms with Gasteiger partial charge in [-0.15, -0.1) is 10.2 Å². The summed E-state index contributed by atoms with van der Waals surface area (Å²) in [7, 11) is 0. The first-order chi connectivity index (χ1) is 13.7. The van der Waals surface area contributed by atoms with Crippen molar-refractivity contribution in [3.05, 3.63) is 72.0 Å². The molecule has 0 spiro atoms. The molecule has 6 heteroatoms. The molecule has 5 nitrogen and oxygen atoms in total. The first-order valence-corrected chi connectivity index (χ1v) is 9.45. The number of anilines is 2. The molecular formula is C22H21FN4O. The van der Waals surface area contributed by atoms with Gasteiger partial charge in [0.2, 0.25) is 0 Å². The minimum atomic E-state index is -0.307. The minimum absolute atomic E-state index is 0.0299. The first-order valence-electron chi connectivity index (χ1n) is 9.45. The molecule has 0 radical (unpaired) electrons. The van der Waals surface area contributed by atoms with Gasteiger partial charge in [-0.2, -0.15) is 0 Å². The van der Waals surface area contributed by atoms with E-state index in [9.17, 15) is 9.18 Å². The summed E-state index contributed by atoms with van der Waals surface area (Å²) in [5, 5.41) is 14.5. The van der Waals surface area contributed by atoms with Crippen molar-refractivity contribution in [2.75, 3.05) is 5.32 Å². The van der Waals surface area contributed by atoms with Crippen LogP contribution in [-0.4, -0.2) is 22.1 Å². The van der Waals surface area contributed by atoms with Crippen molar-refractivity contribution in [3.8, 4) is 11.3 Å². The number of amides is 1. The van der Waals surface area contributed by atoms with Gasteiger partial charge in [0.05, 0.1) is 5.69 Å². The monoisotopic (exact) mass is 376 g/mol. The van der Waals surface area contributed by atoms with E-state index in [1.807, 2.05) is 12.1 Å². The number of carbonyl (C=O) groups excluding carboxylic acids is 1. The van der Waals surface area contributed by atoms with E-state index in [1.54, 1.807) is 36.4 Å². The molecule has 4 rings (SSSR count). The number of hydrogen-bond acceptors (Lipinski definition) is 4. The zero-order chi connectivity index (χ0) is 19.3. The van der Waals surface area contributed by atoms with Gasteiger partial charge >= 0.3 is 0 Å². The number of halogens is 1. The molecular weight excluding hydrogens is 355 g/mol. The van der Waals surface area contributed by atoms with Crippen LogP contribution in [0.1, 0.15) is 36.0 Å². The number of benzene rings is 2. The standard InChI is InChI=1S/C22H21FN4O/c23-17-5-3-4-16(14-17)20-12-13-21(27-26-20)24-19-10-8-15(9-11-19)22(28)25-18-6-1-2-7-18/h3-5,8-14,18H,1-2,6-7H2,(H,24,27)(H,25,28). The lowest BCUT2D eigenvalue weighted by atomic mass is 10.1. The highest BCUT2D eigenvalue weighted by Gasteiger charge is 2.17. The fourth-order valence-electron chi connectivity index (χ4n) is 3.39. The molecule has 1 aromatic heterocycles. The summed E-state index contributed by atoms with van der Waals surface area (Å²) < 4.78 is 13.3. The molecule has 0 atom stereocenters. The summed E-state index contributed by atoms with van der Waals surface area (Å²) in [6.07, 6.45) is 4.50. The van der Waals surface area contributed by atoms with Crippen LogP contribution in [0.15, 0.2) is 60.7 Å². The van der Waals surface area contributed by atoms with E-state index in [-0.39, 0.29) is 11.7 Å². The Labute approximate surface area is 163 Å². The van der Waals surface area contributed by atoms with Crippen molar-refractivity contribution < 1.29 is 9.18 Å². The Bertz CT molecular complexity index is 951. The van der Waals surface area contributed by atoms with Crippen molar-refractivity contribution >= 4 is 17.4 Å². The Morgan fingerprint density at radius 3 is 2.43 bits per heavy atom. The second-order valence-electron chi connectivity index (χ2n) is 6.97. The van der Waals surface area contributed by atoms with E-state index in [4.69, 9.17) is 0 Å². The smallest absolute Gasteiger partial charge is 0.251 e. The van der Waals surface area contributed by atoms with Gasteiger partial charge in [0.25, 0.3) is 5.91 Å². The second kappa shape index (κ2) is 8.17. The molecule has 1 heterocycles. The van der Waals surface area contributed by atoms with Gasteiger partial charge < -0.3 is 10.6 Å². The third-order valence-corrected chi connectivity index (χ3v) is 4.89. The molecule has 1 saturated carbocycles. The quantitative estimate of drug-likeness (QED) is 0.677. The highest BCUT2D eigenvalue weighted by molar-refractivity contribution is 5.94. The zero-order valence-electron chi connectivity index (χ0n) is 15.4. The zero-order valence-corrected chi connectivity index (χ0v) is 15.4. The lowest BCUT2D eigenvalue weighted by molar-refractivity contribution is 0.0938. The number of rotatable bonds is 5. The first kappa shape index (κ1) is 18.1. The van der Waals surface area contributed by atoms with E-state index in [2.05, 4.69) is 20.8 Å². The van der Waals surface area contributed by atoms with Crippen LogP contribution < -0.4 is 10.6 Å². The van der Waals surface area contributed by atoms with Crippen LogP contribution in [0, 0.1) is 5.82 Å². The van der Waals surface area contributed by atoms with Crippen LogP contribution in [0.3, 0.4) is 0 Å². The maximum atomic E-state index is 13.3. The fraction of sp³-hybridized carbons (Fsp3) is 0.227. The van der Waals surface area contributed by atoms with E-state index in [1.165, 1.54) is 25.0 Å². The third-order valence-electron chi connectivity index (χ3n) is 4.89. The van der Waals surface area contributed by atoms with Gasteiger partial charge in [0.15, 0.2) is 5.82 Å². The van der Waals surface area contributed by atoms with E-state index in [0.29, 0.717) is 28.7 Å². The van der Waals surface area contributed by atoms with Crippen LogP contribution in [0.4, 0.5) is 15.9 Å². The Morgan fingerprint density at radius 1 is 0.964 bits per heavy atom. The van der Waals surface area contributed by atoms with Crippen molar-refractivity contribution in [2.24, 2.45) is 0 Å². The van der Waals surface area contributed by atoms with Crippen LogP contribution in [0.2, 0.25) is 0 Å². The molecule has 0 unspecified atom stereocenters. The number of nitrogens with one attached hydrogen (secondary N) is 2. The second-order valence-corrected chi connectivity index (χ2v) is 6.97. The summed E-state index contributed by atoms with van der Waals surface area (Å²) in [5.74, 6) is 0.236. The average molecular weight is 376 g/mol. The maximum Gasteiger partial charge on any atom is 0.251 e. The van der Waals surface area contributed by atoms with Gasteiger partial charge in [0.1, 0.15) is 5.82 Å². The molecule has 1 fully saturated rings. The van der Waals surface area contributed by atoms with E-state index in [0.717, 1.165) is 18.5 Å². The van der Waals surface area contributed by atoms with Crippen LogP contribution in [-0.2, 0) is 0 Å². The van der Waals surface area contributed by atoms with Crippen LogP contribution in [0.5, 0.6) is 0 Å². The maximum absolute atomic E-state index is 13.3. The Morgan fingerprint density at radius 2 is 1.75 bits per heavy atom. The molecule has 0 saturated heterocycles. The topological polar surface area (TPSA) is 66.9 Å². The molecule has 2 aromatic carbocycles. The molecule has 0 aliphatic heterocycles. The predicted molar refractivity (Wildman–Crippen MR) is 107 cm³/mol. The lowest BCUT2D eigenvalue weighted by Crippen LogP contribution is -2.32. The number of hydrogen-bond donors (Lipinski definition) is 2. The third kappa shape index (κ3) is 4.34. The van der Waals surface area contributed by atoms with Gasteiger partial charge in [0, 0.05) is 22.9 Å². The van der Waals surface area contributed by atoms with Crippen molar-refractivity contribution in [3.63, 3.8) is 0 Å². The Hall–Kier alpha value is -3.28. The fourth-order valence-corrected chi connectivity index (χ4v) is 3.39. The van der Waals surface area contributed by atoms with Crippen LogP contribution >= 0.6 is 0 Å². The van der Waals surface area contributed by atoms with Crippen LogP contribution in [0.25, 0.3) is 11.3 Å². The molecule has 1 aliphatic rings. The number of nitrogens with zero attached hydrogens (tertiary/aromatic N) is 2. The van der Waals surface area contributed by atoms with Crippen molar-refractivity contribution in [1.29, 1.82) is 0 Å². The van der Waals surface area contributed by atoms with E-state index < -0.39 is 0 Å². The Kier molecular flexibility index (Phi) is 5.28. The van der Waals surface area contributed by atoms with Gasteiger partial charge in [-0.1, -0.05) is 25.0 Å².